The maximum atomic E-state index is 11.9. The van der Waals surface area contributed by atoms with Crippen LogP contribution in [0.5, 0.6) is 0 Å². The molecule has 0 unspecified atom stereocenters. The zero-order valence-corrected chi connectivity index (χ0v) is 12.0. The highest BCUT2D eigenvalue weighted by molar-refractivity contribution is 7.89. The van der Waals surface area contributed by atoms with Crippen molar-refractivity contribution >= 4 is 10.0 Å². The molecule has 0 fully saturated rings. The van der Waals surface area contributed by atoms with Crippen molar-refractivity contribution in [2.24, 2.45) is 0 Å². The molecule has 0 atom stereocenters. The molecule has 0 spiro atoms. The van der Waals surface area contributed by atoms with Crippen LogP contribution in [-0.4, -0.2) is 38.7 Å². The van der Waals surface area contributed by atoms with Crippen molar-refractivity contribution in [3.63, 3.8) is 0 Å². The van der Waals surface area contributed by atoms with E-state index in [0.29, 0.717) is 12.2 Å². The molecule has 0 bridgehead atoms. The molecule has 0 radical (unpaired) electrons. The van der Waals surface area contributed by atoms with Gasteiger partial charge in [0.25, 0.3) is 0 Å². The minimum Gasteiger partial charge on any atom is -0.381 e. The normalized spacial score (nSPS) is 11.5. The lowest BCUT2D eigenvalue weighted by Crippen LogP contribution is -2.30. The molecule has 0 aliphatic carbocycles. The van der Waals surface area contributed by atoms with Gasteiger partial charge in [-0.25, -0.2) is 12.7 Å². The quantitative estimate of drug-likeness (QED) is 0.708. The Balaban J connectivity index is 2.67. The smallest absolute Gasteiger partial charge is 0.216 e. The van der Waals surface area contributed by atoms with Gasteiger partial charge >= 0.3 is 0 Å². The van der Waals surface area contributed by atoms with Gasteiger partial charge in [0.05, 0.1) is 24.0 Å². The van der Waals surface area contributed by atoms with E-state index in [1.54, 1.807) is 24.3 Å². The molecule has 0 N–H and O–H groups in total. The highest BCUT2D eigenvalue weighted by atomic mass is 32.2. The number of benzene rings is 1. The van der Waals surface area contributed by atoms with Gasteiger partial charge in [-0.3, -0.25) is 0 Å². The Labute approximate surface area is 114 Å². The summed E-state index contributed by atoms with van der Waals surface area (Å²) in [6, 6.07) is 8.96. The molecular weight excluding hydrogens is 264 g/mol. The van der Waals surface area contributed by atoms with E-state index in [1.807, 2.05) is 13.0 Å². The largest absolute Gasteiger partial charge is 0.381 e. The van der Waals surface area contributed by atoms with Crippen molar-refractivity contribution in [1.82, 2.24) is 4.31 Å². The first-order chi connectivity index (χ1) is 8.99. The Morgan fingerprint density at radius 2 is 2.16 bits per heavy atom. The molecule has 1 aromatic carbocycles. The lowest BCUT2D eigenvalue weighted by atomic mass is 10.1. The van der Waals surface area contributed by atoms with Crippen LogP contribution in [0.25, 0.3) is 0 Å². The van der Waals surface area contributed by atoms with E-state index >= 15 is 0 Å². The summed E-state index contributed by atoms with van der Waals surface area (Å²) in [6.45, 7) is 2.78. The van der Waals surface area contributed by atoms with Gasteiger partial charge in [-0.2, -0.15) is 5.26 Å². The second-order valence-electron chi connectivity index (χ2n) is 4.08. The molecule has 19 heavy (non-hydrogen) atoms. The average Bonchev–Trinajstić information content (AvgIpc) is 2.39. The third kappa shape index (κ3) is 4.99. The summed E-state index contributed by atoms with van der Waals surface area (Å²) in [5, 5.41) is 8.80. The molecule has 0 aliphatic rings. The van der Waals surface area contributed by atoms with Gasteiger partial charge in [-0.15, -0.1) is 0 Å². The van der Waals surface area contributed by atoms with Gasteiger partial charge in [0.15, 0.2) is 0 Å². The van der Waals surface area contributed by atoms with Crippen LogP contribution in [-0.2, 0) is 21.3 Å². The molecule has 0 saturated heterocycles. The van der Waals surface area contributed by atoms with Crippen molar-refractivity contribution in [3.8, 4) is 6.07 Å². The van der Waals surface area contributed by atoms with Crippen LogP contribution < -0.4 is 0 Å². The van der Waals surface area contributed by atoms with Gasteiger partial charge in [0.1, 0.15) is 0 Å². The minimum absolute atomic E-state index is 0.0325. The molecule has 1 aromatic rings. The molecule has 6 heteroatoms. The number of hydrogen-bond donors (Lipinski definition) is 0. The summed E-state index contributed by atoms with van der Waals surface area (Å²) < 4.78 is 30.2. The summed E-state index contributed by atoms with van der Waals surface area (Å²) in [4.78, 5) is 0. The van der Waals surface area contributed by atoms with Crippen molar-refractivity contribution in [3.05, 3.63) is 35.4 Å². The fraction of sp³-hybridized carbons (Fsp3) is 0.462. The first-order valence-electron chi connectivity index (χ1n) is 6.00. The Kier molecular flexibility index (Phi) is 5.96. The predicted molar refractivity (Wildman–Crippen MR) is 72.9 cm³/mol. The number of rotatable bonds is 7. The predicted octanol–water partition coefficient (Wildman–Crippen LogP) is 1.36. The molecule has 0 aromatic heterocycles. The van der Waals surface area contributed by atoms with E-state index in [1.165, 1.54) is 11.4 Å². The first-order valence-corrected chi connectivity index (χ1v) is 7.61. The minimum atomic E-state index is -3.32. The third-order valence-corrected chi connectivity index (χ3v) is 4.39. The van der Waals surface area contributed by atoms with Crippen LogP contribution in [0.4, 0.5) is 0 Å². The third-order valence-electron chi connectivity index (χ3n) is 2.63. The highest BCUT2D eigenvalue weighted by Gasteiger charge is 2.17. The number of hydrogen-bond acceptors (Lipinski definition) is 4. The number of nitriles is 1. The average molecular weight is 282 g/mol. The zero-order chi connectivity index (χ0) is 14.3. The van der Waals surface area contributed by atoms with E-state index in [2.05, 4.69) is 0 Å². The van der Waals surface area contributed by atoms with Crippen LogP contribution in [0.1, 0.15) is 18.1 Å². The fourth-order valence-corrected chi connectivity index (χ4v) is 2.55. The Morgan fingerprint density at radius 3 is 2.79 bits per heavy atom. The van der Waals surface area contributed by atoms with E-state index in [0.717, 1.165) is 5.56 Å². The molecule has 0 heterocycles. The summed E-state index contributed by atoms with van der Waals surface area (Å²) in [5.74, 6) is -0.0325. The summed E-state index contributed by atoms with van der Waals surface area (Å²) in [5.41, 5.74) is 1.32. The molecule has 0 aliphatic heterocycles. The standard InChI is InChI=1S/C13H18N2O3S/c1-3-18-7-8-19(16,17)15(2)11-13-6-4-5-12(9-13)10-14/h4-6,9H,3,7-8,11H2,1-2H3. The summed E-state index contributed by atoms with van der Waals surface area (Å²) >= 11 is 0. The second-order valence-corrected chi connectivity index (χ2v) is 6.28. The van der Waals surface area contributed by atoms with E-state index < -0.39 is 10.0 Å². The van der Waals surface area contributed by atoms with Crippen molar-refractivity contribution in [2.45, 2.75) is 13.5 Å². The van der Waals surface area contributed by atoms with Gasteiger partial charge in [0.2, 0.25) is 10.0 Å². The lowest BCUT2D eigenvalue weighted by molar-refractivity contribution is 0.162. The Bertz CT molecular complexity index is 549. The van der Waals surface area contributed by atoms with Crippen LogP contribution in [0.2, 0.25) is 0 Å². The lowest BCUT2D eigenvalue weighted by Gasteiger charge is -2.17. The number of ether oxygens (including phenoxy) is 1. The first kappa shape index (κ1) is 15.6. The topological polar surface area (TPSA) is 70.4 Å². The van der Waals surface area contributed by atoms with Crippen molar-refractivity contribution in [2.75, 3.05) is 26.0 Å². The van der Waals surface area contributed by atoms with Crippen LogP contribution in [0.15, 0.2) is 24.3 Å². The van der Waals surface area contributed by atoms with Gasteiger partial charge in [0, 0.05) is 20.2 Å². The van der Waals surface area contributed by atoms with E-state index in [-0.39, 0.29) is 18.9 Å². The molecular formula is C13H18N2O3S. The Hall–Kier alpha value is -1.42. The zero-order valence-electron chi connectivity index (χ0n) is 11.2. The Morgan fingerprint density at radius 1 is 1.42 bits per heavy atom. The SMILES string of the molecule is CCOCCS(=O)(=O)N(C)Cc1cccc(C#N)c1. The highest BCUT2D eigenvalue weighted by Crippen LogP contribution is 2.10. The van der Waals surface area contributed by atoms with Gasteiger partial charge in [-0.05, 0) is 24.6 Å². The number of sulfonamides is 1. The van der Waals surface area contributed by atoms with Crippen molar-refractivity contribution < 1.29 is 13.2 Å². The van der Waals surface area contributed by atoms with Gasteiger partial charge < -0.3 is 4.74 Å². The molecule has 104 valence electrons. The van der Waals surface area contributed by atoms with Crippen molar-refractivity contribution in [1.29, 1.82) is 5.26 Å². The maximum Gasteiger partial charge on any atom is 0.216 e. The van der Waals surface area contributed by atoms with Crippen LogP contribution >= 0.6 is 0 Å². The molecule has 0 amide bonds. The molecule has 0 saturated carbocycles. The molecule has 5 nitrogen and oxygen atoms in total. The van der Waals surface area contributed by atoms with Gasteiger partial charge in [-0.1, -0.05) is 12.1 Å². The fourth-order valence-electron chi connectivity index (χ4n) is 1.56. The number of nitrogens with zero attached hydrogens (tertiary/aromatic N) is 2. The maximum absolute atomic E-state index is 11.9. The van der Waals surface area contributed by atoms with E-state index in [4.69, 9.17) is 10.00 Å². The summed E-state index contributed by atoms with van der Waals surface area (Å²) in [6.07, 6.45) is 0. The summed E-state index contributed by atoms with van der Waals surface area (Å²) in [7, 11) is -1.80. The monoisotopic (exact) mass is 282 g/mol. The molecule has 1 rings (SSSR count). The van der Waals surface area contributed by atoms with Crippen LogP contribution in [0.3, 0.4) is 0 Å². The van der Waals surface area contributed by atoms with Crippen LogP contribution in [0, 0.1) is 11.3 Å². The second kappa shape index (κ2) is 7.24. The van der Waals surface area contributed by atoms with E-state index in [9.17, 15) is 8.42 Å².